The van der Waals surface area contributed by atoms with Gasteiger partial charge in [-0.2, -0.15) is 0 Å². The Morgan fingerprint density at radius 1 is 0.926 bits per heavy atom. The Labute approximate surface area is 158 Å². The highest BCUT2D eigenvalue weighted by Crippen LogP contribution is 2.36. The number of benzene rings is 2. The molecule has 1 aliphatic rings. The van der Waals surface area contributed by atoms with Gasteiger partial charge in [0.05, 0.1) is 0 Å². The molecule has 2 unspecified atom stereocenters. The van der Waals surface area contributed by atoms with Crippen molar-refractivity contribution in [2.45, 2.75) is 11.9 Å². The molecule has 0 N–H and O–H groups in total. The number of carbonyl (C=O) groups excluding carboxylic acids is 2. The number of esters is 2. The number of nitrogens with zero attached hydrogens (tertiary/aromatic N) is 1. The van der Waals surface area contributed by atoms with Gasteiger partial charge in [-0.15, -0.1) is 0 Å². The maximum Gasteiger partial charge on any atom is 0.334 e. The number of cyclic esters (lactones) is 2. The van der Waals surface area contributed by atoms with E-state index in [2.05, 4.69) is 0 Å². The minimum Gasteiger partial charge on any atom is -0.449 e. The van der Waals surface area contributed by atoms with Gasteiger partial charge >= 0.3 is 17.7 Å². The summed E-state index contributed by atoms with van der Waals surface area (Å²) in [5.41, 5.74) is 0.567. The third-order valence-electron chi connectivity index (χ3n) is 4.01. The van der Waals surface area contributed by atoms with E-state index in [1.54, 1.807) is 24.3 Å². The third-order valence-corrected chi connectivity index (χ3v) is 4.01. The number of hydrogen-bond donors (Lipinski definition) is 0. The van der Waals surface area contributed by atoms with Crippen molar-refractivity contribution in [2.24, 2.45) is 0 Å². The van der Waals surface area contributed by atoms with E-state index in [1.807, 2.05) is 55.4 Å². The van der Waals surface area contributed by atoms with Crippen LogP contribution in [0.25, 0.3) is 0 Å². The van der Waals surface area contributed by atoms with E-state index in [9.17, 15) is 9.59 Å². The lowest BCUT2D eigenvalue weighted by Gasteiger charge is -2.40. The van der Waals surface area contributed by atoms with Gasteiger partial charge in [-0.3, -0.25) is 0 Å². The molecule has 3 rings (SSSR count). The Bertz CT molecular complexity index is 819. The van der Waals surface area contributed by atoms with Gasteiger partial charge in [0.15, 0.2) is 6.10 Å². The molecular formula is C21H21NO5. The molecule has 0 aliphatic carbocycles. The Morgan fingerprint density at radius 2 is 1.52 bits per heavy atom. The quantitative estimate of drug-likeness (QED) is 0.757. The van der Waals surface area contributed by atoms with E-state index >= 15 is 0 Å². The number of likely N-dealkylation sites (N-methyl/N-ethyl adjacent to an activating group) is 1. The lowest BCUT2D eigenvalue weighted by molar-refractivity contribution is -0.247. The van der Waals surface area contributed by atoms with Crippen molar-refractivity contribution < 1.29 is 23.8 Å². The Morgan fingerprint density at radius 3 is 2.15 bits per heavy atom. The van der Waals surface area contributed by atoms with Crippen LogP contribution >= 0.6 is 0 Å². The molecule has 0 saturated carbocycles. The summed E-state index contributed by atoms with van der Waals surface area (Å²) in [6.07, 6.45) is 1.21. The minimum atomic E-state index is -1.63. The van der Waals surface area contributed by atoms with Gasteiger partial charge in [0, 0.05) is 24.3 Å². The van der Waals surface area contributed by atoms with Crippen molar-refractivity contribution in [3.63, 3.8) is 0 Å². The second-order valence-corrected chi connectivity index (χ2v) is 6.39. The molecule has 0 aromatic heterocycles. The molecular weight excluding hydrogens is 346 g/mol. The standard InChI is InChI=1S/C21H21NO5/c1-22(2)15-18-21(16-9-5-3-6-10-16,26-17-11-7-4-8-12-17)27-20(24)14-13-19(23)25-18/h3-14,18H,15H2,1-2H3/b14-13+. The van der Waals surface area contributed by atoms with Crippen molar-refractivity contribution in [3.8, 4) is 5.75 Å². The maximum absolute atomic E-state index is 12.4. The molecule has 6 nitrogen and oxygen atoms in total. The first-order valence-electron chi connectivity index (χ1n) is 8.55. The lowest BCUT2D eigenvalue weighted by Crippen LogP contribution is -2.54. The first-order chi connectivity index (χ1) is 13.0. The van der Waals surface area contributed by atoms with Crippen molar-refractivity contribution >= 4 is 11.9 Å². The highest BCUT2D eigenvalue weighted by atomic mass is 16.7. The summed E-state index contributed by atoms with van der Waals surface area (Å²) >= 11 is 0. The van der Waals surface area contributed by atoms with Gasteiger partial charge in [-0.25, -0.2) is 9.59 Å². The zero-order valence-corrected chi connectivity index (χ0v) is 15.2. The second-order valence-electron chi connectivity index (χ2n) is 6.39. The van der Waals surface area contributed by atoms with E-state index in [1.165, 1.54) is 0 Å². The van der Waals surface area contributed by atoms with Gasteiger partial charge < -0.3 is 19.1 Å². The summed E-state index contributed by atoms with van der Waals surface area (Å²) in [6.45, 7) is 0.286. The summed E-state index contributed by atoms with van der Waals surface area (Å²) < 4.78 is 17.6. The number of para-hydroxylation sites is 1. The first-order valence-corrected chi connectivity index (χ1v) is 8.55. The molecule has 140 valence electrons. The highest BCUT2D eigenvalue weighted by molar-refractivity contribution is 5.92. The second kappa shape index (κ2) is 8.05. The van der Waals surface area contributed by atoms with Gasteiger partial charge in [-0.05, 0) is 26.2 Å². The normalized spacial score (nSPS) is 23.7. The fraction of sp³-hybridized carbons (Fsp3) is 0.238. The largest absolute Gasteiger partial charge is 0.449 e. The van der Waals surface area contributed by atoms with Crippen LogP contribution in [0.3, 0.4) is 0 Å². The molecule has 0 fully saturated rings. The molecule has 1 aliphatic heterocycles. The topological polar surface area (TPSA) is 65.1 Å². The molecule has 27 heavy (non-hydrogen) atoms. The molecule has 0 spiro atoms. The number of ether oxygens (including phenoxy) is 3. The predicted molar refractivity (Wildman–Crippen MR) is 98.9 cm³/mol. The van der Waals surface area contributed by atoms with E-state index in [4.69, 9.17) is 14.2 Å². The van der Waals surface area contributed by atoms with Crippen LogP contribution in [0, 0.1) is 0 Å². The molecule has 1 heterocycles. The van der Waals surface area contributed by atoms with Gasteiger partial charge in [0.2, 0.25) is 0 Å². The molecule has 6 heteroatoms. The van der Waals surface area contributed by atoms with E-state index in [0.717, 1.165) is 12.2 Å². The van der Waals surface area contributed by atoms with Crippen molar-refractivity contribution in [2.75, 3.05) is 20.6 Å². The molecule has 2 aromatic carbocycles. The fourth-order valence-electron chi connectivity index (χ4n) is 2.86. The fourth-order valence-corrected chi connectivity index (χ4v) is 2.86. The number of hydrogen-bond acceptors (Lipinski definition) is 6. The molecule has 0 bridgehead atoms. The molecule has 0 radical (unpaired) electrons. The zero-order valence-electron chi connectivity index (χ0n) is 15.2. The summed E-state index contributed by atoms with van der Waals surface area (Å²) in [5, 5.41) is 0. The SMILES string of the molecule is CN(C)CC1OC(=O)/C=C/C(=O)OC1(Oc1ccccc1)c1ccccc1. The number of carbonyl (C=O) groups is 2. The predicted octanol–water partition coefficient (Wildman–Crippen LogP) is 2.50. The van der Waals surface area contributed by atoms with E-state index < -0.39 is 23.8 Å². The first kappa shape index (κ1) is 18.7. The maximum atomic E-state index is 12.4. The zero-order chi connectivity index (χ0) is 19.3. The molecule has 0 saturated heterocycles. The molecule has 2 atom stereocenters. The van der Waals surface area contributed by atoms with Gasteiger partial charge in [0.1, 0.15) is 5.75 Å². The average molecular weight is 367 g/mol. The van der Waals surface area contributed by atoms with Crippen LogP contribution in [0.5, 0.6) is 5.75 Å². The van der Waals surface area contributed by atoms with Crippen LogP contribution in [-0.4, -0.2) is 43.6 Å². The van der Waals surface area contributed by atoms with E-state index in [-0.39, 0.29) is 6.54 Å². The minimum absolute atomic E-state index is 0.286. The summed E-state index contributed by atoms with van der Waals surface area (Å²) in [5.74, 6) is -2.46. The van der Waals surface area contributed by atoms with Crippen molar-refractivity contribution in [3.05, 3.63) is 78.4 Å². The lowest BCUT2D eigenvalue weighted by atomic mass is 9.98. The third kappa shape index (κ3) is 4.35. The number of rotatable bonds is 5. The molecule has 2 aromatic rings. The van der Waals surface area contributed by atoms with Crippen LogP contribution < -0.4 is 4.74 Å². The smallest absolute Gasteiger partial charge is 0.334 e. The average Bonchev–Trinajstić information content (AvgIpc) is 2.66. The Hall–Kier alpha value is -3.12. The van der Waals surface area contributed by atoms with Crippen molar-refractivity contribution in [1.82, 2.24) is 4.90 Å². The van der Waals surface area contributed by atoms with Gasteiger partial charge in [0.25, 0.3) is 0 Å². The molecule has 0 amide bonds. The summed E-state index contributed by atoms with van der Waals surface area (Å²) in [6, 6.07) is 18.0. The Kier molecular flexibility index (Phi) is 5.57. The van der Waals surface area contributed by atoms with Crippen LogP contribution in [0.4, 0.5) is 0 Å². The highest BCUT2D eigenvalue weighted by Gasteiger charge is 2.50. The van der Waals surface area contributed by atoms with Crippen LogP contribution in [-0.2, 0) is 24.8 Å². The monoisotopic (exact) mass is 367 g/mol. The van der Waals surface area contributed by atoms with Crippen LogP contribution in [0.15, 0.2) is 72.8 Å². The van der Waals surface area contributed by atoms with Crippen molar-refractivity contribution in [1.29, 1.82) is 0 Å². The van der Waals surface area contributed by atoms with Crippen LogP contribution in [0.1, 0.15) is 5.56 Å². The summed E-state index contributed by atoms with van der Waals surface area (Å²) in [4.78, 5) is 26.4. The van der Waals surface area contributed by atoms with Crippen LogP contribution in [0.2, 0.25) is 0 Å². The van der Waals surface area contributed by atoms with Gasteiger partial charge in [-0.1, -0.05) is 48.5 Å². The Balaban J connectivity index is 2.16. The summed E-state index contributed by atoms with van der Waals surface area (Å²) in [7, 11) is 3.67. The van der Waals surface area contributed by atoms with E-state index in [0.29, 0.717) is 11.3 Å².